The van der Waals surface area contributed by atoms with Crippen LogP contribution in [0.15, 0.2) is 0 Å². The zero-order chi connectivity index (χ0) is 11.0. The molecule has 5 heteroatoms. The second-order valence-electron chi connectivity index (χ2n) is 4.03. The predicted octanol–water partition coefficient (Wildman–Crippen LogP) is 0.448. The van der Waals surface area contributed by atoms with Crippen molar-refractivity contribution in [1.29, 1.82) is 0 Å². The molecule has 84 valence electrons. The van der Waals surface area contributed by atoms with E-state index >= 15 is 0 Å². The lowest BCUT2D eigenvalue weighted by Crippen LogP contribution is -2.35. The van der Waals surface area contributed by atoms with Gasteiger partial charge in [0, 0.05) is 26.6 Å². The van der Waals surface area contributed by atoms with Gasteiger partial charge in [0.2, 0.25) is 0 Å². The Morgan fingerprint density at radius 1 is 1.47 bits per heavy atom. The van der Waals surface area contributed by atoms with E-state index in [0.717, 1.165) is 6.42 Å². The molecule has 2 saturated heterocycles. The average molecular weight is 212 g/mol. The maximum atomic E-state index is 11.9. The first kappa shape index (κ1) is 10.4. The van der Waals surface area contributed by atoms with Crippen molar-refractivity contribution in [2.24, 2.45) is 0 Å². The maximum Gasteiger partial charge on any atom is 0.327 e. The molecule has 0 aromatic carbocycles. The quantitative estimate of drug-likeness (QED) is 0.638. The summed E-state index contributed by atoms with van der Waals surface area (Å²) in [4.78, 5) is 26.7. The molecule has 0 aromatic heterocycles. The second kappa shape index (κ2) is 3.81. The molecule has 2 aliphatic rings. The van der Waals surface area contributed by atoms with Crippen LogP contribution in [0.5, 0.6) is 0 Å². The summed E-state index contributed by atoms with van der Waals surface area (Å²) in [5.74, 6) is -0.0543. The van der Waals surface area contributed by atoms with E-state index in [1.807, 2.05) is 6.92 Å². The number of ether oxygens (including phenoxy) is 1. The standard InChI is InChI=1S/C10H16N2O3/c1-3-4-11-9(13)8-5-7(15-2)6-12(8)10(11)14/h7-8H,3-6H2,1-2H3. The van der Waals surface area contributed by atoms with E-state index in [1.165, 1.54) is 4.90 Å². The lowest BCUT2D eigenvalue weighted by atomic mass is 10.2. The molecule has 0 saturated carbocycles. The van der Waals surface area contributed by atoms with Crippen molar-refractivity contribution in [2.45, 2.75) is 31.9 Å². The highest BCUT2D eigenvalue weighted by molar-refractivity contribution is 6.04. The Balaban J connectivity index is 2.11. The summed E-state index contributed by atoms with van der Waals surface area (Å²) in [5, 5.41) is 0. The van der Waals surface area contributed by atoms with Gasteiger partial charge in [0.05, 0.1) is 6.10 Å². The fraction of sp³-hybridized carbons (Fsp3) is 0.800. The number of rotatable bonds is 3. The van der Waals surface area contributed by atoms with Crippen LogP contribution in [0.2, 0.25) is 0 Å². The molecule has 0 bridgehead atoms. The van der Waals surface area contributed by atoms with E-state index in [2.05, 4.69) is 0 Å². The van der Waals surface area contributed by atoms with Crippen LogP contribution in [0.3, 0.4) is 0 Å². The molecule has 0 radical (unpaired) electrons. The Bertz CT molecular complexity index is 268. The number of urea groups is 1. The topological polar surface area (TPSA) is 49.9 Å². The summed E-state index contributed by atoms with van der Waals surface area (Å²) in [6.07, 6.45) is 1.47. The van der Waals surface area contributed by atoms with Crippen LogP contribution in [0.25, 0.3) is 0 Å². The number of imide groups is 1. The first-order valence-electron chi connectivity index (χ1n) is 5.33. The minimum absolute atomic E-state index is 0.0201. The number of amides is 3. The normalized spacial score (nSPS) is 30.3. The van der Waals surface area contributed by atoms with Gasteiger partial charge in [0.1, 0.15) is 6.04 Å². The first-order chi connectivity index (χ1) is 7.19. The van der Waals surface area contributed by atoms with Crippen molar-refractivity contribution in [3.8, 4) is 0 Å². The van der Waals surface area contributed by atoms with Gasteiger partial charge in [-0.2, -0.15) is 0 Å². The van der Waals surface area contributed by atoms with Gasteiger partial charge >= 0.3 is 6.03 Å². The van der Waals surface area contributed by atoms with Gasteiger partial charge in [0.25, 0.3) is 5.91 Å². The Labute approximate surface area is 89.0 Å². The maximum absolute atomic E-state index is 11.9. The SMILES string of the molecule is CCCN1C(=O)C2CC(OC)CN2C1=O. The highest BCUT2D eigenvalue weighted by Gasteiger charge is 2.50. The van der Waals surface area contributed by atoms with Crippen molar-refractivity contribution in [1.82, 2.24) is 9.80 Å². The molecule has 0 aromatic rings. The Kier molecular flexibility index (Phi) is 2.65. The lowest BCUT2D eigenvalue weighted by Gasteiger charge is -2.16. The number of fused-ring (bicyclic) bond motifs is 1. The Hall–Kier alpha value is -1.10. The molecular formula is C10H16N2O3. The van der Waals surface area contributed by atoms with Crippen molar-refractivity contribution in [3.63, 3.8) is 0 Å². The zero-order valence-corrected chi connectivity index (χ0v) is 9.10. The summed E-state index contributed by atoms with van der Waals surface area (Å²) >= 11 is 0. The summed E-state index contributed by atoms with van der Waals surface area (Å²) in [5.41, 5.74) is 0. The second-order valence-corrected chi connectivity index (χ2v) is 4.03. The molecule has 2 unspecified atom stereocenters. The largest absolute Gasteiger partial charge is 0.380 e. The Morgan fingerprint density at radius 2 is 2.20 bits per heavy atom. The highest BCUT2D eigenvalue weighted by Crippen LogP contribution is 2.28. The number of carbonyl (C=O) groups excluding carboxylic acids is 2. The average Bonchev–Trinajstić information content (AvgIpc) is 2.75. The lowest BCUT2D eigenvalue weighted by molar-refractivity contribution is -0.128. The van der Waals surface area contributed by atoms with E-state index in [9.17, 15) is 9.59 Å². The molecule has 2 rings (SSSR count). The minimum Gasteiger partial charge on any atom is -0.380 e. The summed E-state index contributed by atoms with van der Waals surface area (Å²) in [6.45, 7) is 3.04. The molecular weight excluding hydrogens is 196 g/mol. The number of carbonyl (C=O) groups is 2. The van der Waals surface area contributed by atoms with Gasteiger partial charge in [-0.05, 0) is 6.42 Å². The molecule has 3 amide bonds. The smallest absolute Gasteiger partial charge is 0.327 e. The summed E-state index contributed by atoms with van der Waals surface area (Å²) in [6, 6.07) is -0.416. The van der Waals surface area contributed by atoms with E-state index in [4.69, 9.17) is 4.74 Å². The van der Waals surface area contributed by atoms with Gasteiger partial charge in [-0.25, -0.2) is 4.79 Å². The third kappa shape index (κ3) is 1.51. The highest BCUT2D eigenvalue weighted by atomic mass is 16.5. The van der Waals surface area contributed by atoms with Crippen molar-refractivity contribution >= 4 is 11.9 Å². The van der Waals surface area contributed by atoms with Crippen LogP contribution in [0.1, 0.15) is 19.8 Å². The van der Waals surface area contributed by atoms with E-state index in [-0.39, 0.29) is 24.1 Å². The summed E-state index contributed by atoms with van der Waals surface area (Å²) < 4.78 is 5.17. The fourth-order valence-electron chi connectivity index (χ4n) is 2.27. The van der Waals surface area contributed by atoms with E-state index < -0.39 is 0 Å². The number of methoxy groups -OCH3 is 1. The summed E-state index contributed by atoms with van der Waals surface area (Å²) in [7, 11) is 1.62. The van der Waals surface area contributed by atoms with Gasteiger partial charge < -0.3 is 9.64 Å². The molecule has 2 aliphatic heterocycles. The van der Waals surface area contributed by atoms with Gasteiger partial charge in [-0.3, -0.25) is 9.69 Å². The molecule has 15 heavy (non-hydrogen) atoms. The first-order valence-corrected chi connectivity index (χ1v) is 5.33. The van der Waals surface area contributed by atoms with E-state index in [0.29, 0.717) is 19.5 Å². The molecule has 0 N–H and O–H groups in total. The molecule has 2 heterocycles. The molecule has 0 spiro atoms. The van der Waals surface area contributed by atoms with Gasteiger partial charge in [-0.1, -0.05) is 6.92 Å². The number of hydrogen-bond acceptors (Lipinski definition) is 3. The van der Waals surface area contributed by atoms with Gasteiger partial charge in [-0.15, -0.1) is 0 Å². The number of nitrogens with zero attached hydrogens (tertiary/aromatic N) is 2. The third-order valence-corrected chi connectivity index (χ3v) is 3.07. The monoisotopic (exact) mass is 212 g/mol. The third-order valence-electron chi connectivity index (χ3n) is 3.07. The van der Waals surface area contributed by atoms with Crippen LogP contribution in [0.4, 0.5) is 4.79 Å². The van der Waals surface area contributed by atoms with Crippen molar-refractivity contribution in [2.75, 3.05) is 20.2 Å². The predicted molar refractivity (Wildman–Crippen MR) is 53.3 cm³/mol. The van der Waals surface area contributed by atoms with E-state index in [1.54, 1.807) is 12.0 Å². The van der Waals surface area contributed by atoms with Crippen LogP contribution in [-0.4, -0.2) is 54.1 Å². The van der Waals surface area contributed by atoms with Gasteiger partial charge in [0.15, 0.2) is 0 Å². The van der Waals surface area contributed by atoms with Crippen LogP contribution < -0.4 is 0 Å². The minimum atomic E-state index is -0.269. The van der Waals surface area contributed by atoms with Crippen molar-refractivity contribution in [3.05, 3.63) is 0 Å². The van der Waals surface area contributed by atoms with Crippen molar-refractivity contribution < 1.29 is 14.3 Å². The Morgan fingerprint density at radius 3 is 2.73 bits per heavy atom. The fourth-order valence-corrected chi connectivity index (χ4v) is 2.27. The van der Waals surface area contributed by atoms with Crippen LogP contribution in [0, 0.1) is 0 Å². The van der Waals surface area contributed by atoms with Crippen LogP contribution in [-0.2, 0) is 9.53 Å². The molecule has 2 fully saturated rings. The molecule has 0 aliphatic carbocycles. The molecule has 5 nitrogen and oxygen atoms in total. The zero-order valence-electron chi connectivity index (χ0n) is 9.10. The van der Waals surface area contributed by atoms with Crippen LogP contribution >= 0.6 is 0 Å². The number of hydrogen-bond donors (Lipinski definition) is 0. The molecule has 2 atom stereocenters.